The van der Waals surface area contributed by atoms with Crippen LogP contribution in [0.2, 0.25) is 5.15 Å². The van der Waals surface area contributed by atoms with Crippen molar-refractivity contribution < 1.29 is 14.6 Å². The molecule has 0 aliphatic carbocycles. The molecule has 0 saturated carbocycles. The fourth-order valence-corrected chi connectivity index (χ4v) is 1.10. The molecule has 1 heterocycles. The van der Waals surface area contributed by atoms with E-state index in [4.69, 9.17) is 11.6 Å². The summed E-state index contributed by atoms with van der Waals surface area (Å²) in [5.41, 5.74) is 1.42. The topological polar surface area (TPSA) is 94.4 Å². The van der Waals surface area contributed by atoms with Crippen LogP contribution in [0, 0.1) is 10.1 Å². The van der Waals surface area contributed by atoms with Gasteiger partial charge < -0.3 is 0 Å². The van der Waals surface area contributed by atoms with E-state index in [9.17, 15) is 14.9 Å². The second-order valence-electron chi connectivity index (χ2n) is 2.65. The summed E-state index contributed by atoms with van der Waals surface area (Å²) in [4.78, 5) is 29.5. The first-order valence-electron chi connectivity index (χ1n) is 4.28. The highest BCUT2D eigenvalue weighted by Gasteiger charge is 2.21. The molecule has 0 aliphatic heterocycles. The van der Waals surface area contributed by atoms with E-state index in [2.05, 4.69) is 9.82 Å². The summed E-state index contributed by atoms with van der Waals surface area (Å²) in [7, 11) is 0. The Morgan fingerprint density at radius 3 is 3.00 bits per heavy atom. The Hall–Kier alpha value is -1.73. The van der Waals surface area contributed by atoms with Crippen molar-refractivity contribution in [3.8, 4) is 0 Å². The molecular formula is C8H8ClN3O4. The van der Waals surface area contributed by atoms with Gasteiger partial charge in [-0.2, -0.15) is 0 Å². The van der Waals surface area contributed by atoms with E-state index in [0.29, 0.717) is 0 Å². The highest BCUT2D eigenvalue weighted by Crippen LogP contribution is 2.19. The highest BCUT2D eigenvalue weighted by molar-refractivity contribution is 6.29. The van der Waals surface area contributed by atoms with Crippen molar-refractivity contribution in [3.05, 3.63) is 33.1 Å². The number of halogens is 1. The van der Waals surface area contributed by atoms with E-state index >= 15 is 0 Å². The SMILES string of the molecule is CCONC(=O)c1cc(Cl)ncc1[N+](=O)[O-]. The number of carbonyl (C=O) groups is 1. The van der Waals surface area contributed by atoms with Crippen LogP contribution in [0.4, 0.5) is 5.69 Å². The number of rotatable bonds is 4. The maximum Gasteiger partial charge on any atom is 0.300 e. The van der Waals surface area contributed by atoms with Crippen LogP contribution in [0.1, 0.15) is 17.3 Å². The minimum Gasteiger partial charge on any atom is -0.274 e. The first kappa shape index (κ1) is 12.3. The molecule has 1 rings (SSSR count). The molecular weight excluding hydrogens is 238 g/mol. The summed E-state index contributed by atoms with van der Waals surface area (Å²) in [6.45, 7) is 1.91. The van der Waals surface area contributed by atoms with Crippen LogP contribution in [-0.4, -0.2) is 22.4 Å². The summed E-state index contributed by atoms with van der Waals surface area (Å²) in [6, 6.07) is 1.11. The number of carbonyl (C=O) groups excluding carboxylic acids is 1. The van der Waals surface area contributed by atoms with Gasteiger partial charge in [0.1, 0.15) is 16.9 Å². The minimum absolute atomic E-state index is 0.00718. The Kier molecular flexibility index (Phi) is 4.15. The van der Waals surface area contributed by atoms with Crippen LogP contribution in [0.15, 0.2) is 12.3 Å². The van der Waals surface area contributed by atoms with Crippen molar-refractivity contribution in [2.75, 3.05) is 6.61 Å². The normalized spacial score (nSPS) is 9.88. The molecule has 0 saturated heterocycles. The van der Waals surface area contributed by atoms with E-state index in [0.717, 1.165) is 12.3 Å². The molecule has 1 amide bonds. The standard InChI is InChI=1S/C8H8ClN3O4/c1-2-16-11-8(13)5-3-7(9)10-4-6(5)12(14)15/h3-4H,2H2,1H3,(H,11,13). The van der Waals surface area contributed by atoms with Crippen LogP contribution in [0.5, 0.6) is 0 Å². The summed E-state index contributed by atoms with van der Waals surface area (Å²) < 4.78 is 0. The Morgan fingerprint density at radius 1 is 1.75 bits per heavy atom. The summed E-state index contributed by atoms with van der Waals surface area (Å²) in [5.74, 6) is -0.738. The maximum atomic E-state index is 11.5. The van der Waals surface area contributed by atoms with E-state index < -0.39 is 16.5 Å². The molecule has 86 valence electrons. The zero-order valence-electron chi connectivity index (χ0n) is 8.27. The lowest BCUT2D eigenvalue weighted by atomic mass is 10.2. The molecule has 0 bridgehead atoms. The van der Waals surface area contributed by atoms with E-state index in [1.165, 1.54) is 0 Å². The van der Waals surface area contributed by atoms with Gasteiger partial charge in [-0.15, -0.1) is 0 Å². The lowest BCUT2D eigenvalue weighted by molar-refractivity contribution is -0.385. The van der Waals surface area contributed by atoms with Gasteiger partial charge in [0.25, 0.3) is 11.6 Å². The quantitative estimate of drug-likeness (QED) is 0.490. The van der Waals surface area contributed by atoms with Crippen LogP contribution in [0.3, 0.4) is 0 Å². The molecule has 16 heavy (non-hydrogen) atoms. The number of hydrogen-bond acceptors (Lipinski definition) is 5. The first-order chi connectivity index (χ1) is 7.56. The summed E-state index contributed by atoms with van der Waals surface area (Å²) >= 11 is 5.55. The molecule has 0 aromatic carbocycles. The molecule has 1 aromatic heterocycles. The minimum atomic E-state index is -0.738. The Labute approximate surface area is 95.5 Å². The predicted molar refractivity (Wildman–Crippen MR) is 55.0 cm³/mol. The predicted octanol–water partition coefficient (Wildman–Crippen LogP) is 1.32. The second-order valence-corrected chi connectivity index (χ2v) is 3.03. The second kappa shape index (κ2) is 5.38. The molecule has 0 spiro atoms. The van der Waals surface area contributed by atoms with Crippen molar-refractivity contribution >= 4 is 23.2 Å². The van der Waals surface area contributed by atoms with Crippen molar-refractivity contribution in [1.82, 2.24) is 10.5 Å². The first-order valence-corrected chi connectivity index (χ1v) is 4.66. The number of nitrogens with one attached hydrogen (secondary N) is 1. The van der Waals surface area contributed by atoms with Gasteiger partial charge in [0.2, 0.25) is 0 Å². The number of nitro groups is 1. The fraction of sp³-hybridized carbons (Fsp3) is 0.250. The average molecular weight is 246 g/mol. The molecule has 8 heteroatoms. The number of aromatic nitrogens is 1. The van der Waals surface area contributed by atoms with Crippen molar-refractivity contribution in [3.63, 3.8) is 0 Å². The van der Waals surface area contributed by atoms with Crippen LogP contribution in [-0.2, 0) is 4.84 Å². The molecule has 0 fully saturated rings. The van der Waals surface area contributed by atoms with Crippen LogP contribution >= 0.6 is 11.6 Å². The molecule has 0 aliphatic rings. The van der Waals surface area contributed by atoms with Crippen molar-refractivity contribution in [2.45, 2.75) is 6.92 Å². The van der Waals surface area contributed by atoms with Gasteiger partial charge in [0, 0.05) is 0 Å². The van der Waals surface area contributed by atoms with Crippen molar-refractivity contribution in [1.29, 1.82) is 0 Å². The third-order valence-corrected chi connectivity index (χ3v) is 1.81. The Morgan fingerprint density at radius 2 is 2.44 bits per heavy atom. The number of hydrogen-bond donors (Lipinski definition) is 1. The van der Waals surface area contributed by atoms with E-state index in [-0.39, 0.29) is 17.3 Å². The number of nitrogens with zero attached hydrogens (tertiary/aromatic N) is 2. The number of amides is 1. The summed E-state index contributed by atoms with van der Waals surface area (Å²) in [6.07, 6.45) is 0.920. The lowest BCUT2D eigenvalue weighted by Crippen LogP contribution is -2.24. The van der Waals surface area contributed by atoms with Gasteiger partial charge in [0.05, 0.1) is 11.5 Å². The highest BCUT2D eigenvalue weighted by atomic mass is 35.5. The zero-order chi connectivity index (χ0) is 12.1. The van der Waals surface area contributed by atoms with E-state index in [1.54, 1.807) is 6.92 Å². The smallest absolute Gasteiger partial charge is 0.274 e. The molecule has 0 atom stereocenters. The van der Waals surface area contributed by atoms with Gasteiger partial charge in [-0.05, 0) is 13.0 Å². The Balaban J connectivity index is 3.04. The Bertz CT molecular complexity index is 424. The van der Waals surface area contributed by atoms with Gasteiger partial charge >= 0.3 is 0 Å². The number of hydroxylamine groups is 1. The molecule has 1 N–H and O–H groups in total. The molecule has 0 radical (unpaired) electrons. The van der Waals surface area contributed by atoms with E-state index in [1.807, 2.05) is 5.48 Å². The van der Waals surface area contributed by atoms with Crippen molar-refractivity contribution in [2.24, 2.45) is 0 Å². The third-order valence-electron chi connectivity index (χ3n) is 1.60. The fourth-order valence-electron chi connectivity index (χ4n) is 0.943. The summed E-state index contributed by atoms with van der Waals surface area (Å²) in [5, 5.41) is 10.6. The zero-order valence-corrected chi connectivity index (χ0v) is 9.02. The largest absolute Gasteiger partial charge is 0.300 e. The molecule has 1 aromatic rings. The number of pyridine rings is 1. The van der Waals surface area contributed by atoms with Gasteiger partial charge in [0.15, 0.2) is 0 Å². The molecule has 0 unspecified atom stereocenters. The molecule has 7 nitrogen and oxygen atoms in total. The lowest BCUT2D eigenvalue weighted by Gasteiger charge is -2.04. The van der Waals surface area contributed by atoms with Gasteiger partial charge in [-0.1, -0.05) is 11.6 Å². The van der Waals surface area contributed by atoms with Crippen LogP contribution in [0.25, 0.3) is 0 Å². The van der Waals surface area contributed by atoms with Gasteiger partial charge in [-0.3, -0.25) is 19.7 Å². The van der Waals surface area contributed by atoms with Gasteiger partial charge in [-0.25, -0.2) is 10.5 Å². The monoisotopic (exact) mass is 245 g/mol. The van der Waals surface area contributed by atoms with Crippen LogP contribution < -0.4 is 5.48 Å². The maximum absolute atomic E-state index is 11.5. The third kappa shape index (κ3) is 2.88. The average Bonchev–Trinajstić information content (AvgIpc) is 2.25.